The van der Waals surface area contributed by atoms with Crippen molar-refractivity contribution in [1.29, 1.82) is 0 Å². The van der Waals surface area contributed by atoms with Gasteiger partial charge in [0.05, 0.1) is 12.6 Å². The van der Waals surface area contributed by atoms with E-state index in [0.29, 0.717) is 28.6 Å². The van der Waals surface area contributed by atoms with Gasteiger partial charge in [0, 0.05) is 28.9 Å². The van der Waals surface area contributed by atoms with E-state index in [9.17, 15) is 14.7 Å². The fourth-order valence-electron chi connectivity index (χ4n) is 3.42. The Morgan fingerprint density at radius 2 is 2.10 bits per heavy atom. The fraction of sp³-hybridized carbons (Fsp3) is 0.238. The number of anilines is 3. The normalized spacial score (nSPS) is 17.6. The average molecular weight is 404 g/mol. The number of rotatable bonds is 5. The first-order valence-corrected chi connectivity index (χ1v) is 9.73. The molecule has 1 aliphatic carbocycles. The van der Waals surface area contributed by atoms with Crippen molar-refractivity contribution >= 4 is 40.9 Å². The molecule has 9 heteroatoms. The predicted octanol–water partition coefficient (Wildman–Crippen LogP) is 2.49. The second-order valence-corrected chi connectivity index (χ2v) is 7.63. The number of aryl methyl sites for hydroxylation is 1. The van der Waals surface area contributed by atoms with Crippen molar-refractivity contribution in [2.24, 2.45) is 0 Å². The summed E-state index contributed by atoms with van der Waals surface area (Å²) >= 11 is 0. The number of hydrogen-bond donors (Lipinski definition) is 4. The molecule has 3 aromatic rings. The van der Waals surface area contributed by atoms with Crippen LogP contribution < -0.4 is 16.0 Å². The van der Waals surface area contributed by atoms with Crippen LogP contribution in [0.15, 0.2) is 36.0 Å². The van der Waals surface area contributed by atoms with Crippen molar-refractivity contribution < 1.29 is 14.7 Å². The lowest BCUT2D eigenvalue weighted by atomic mass is 10.1. The van der Waals surface area contributed by atoms with E-state index in [-0.39, 0.29) is 24.0 Å². The molecule has 0 spiro atoms. The number of carbonyl (C=O) groups excluding carboxylic acids is 2. The third-order valence-corrected chi connectivity index (χ3v) is 5.13. The van der Waals surface area contributed by atoms with Crippen molar-refractivity contribution in [3.8, 4) is 5.75 Å². The summed E-state index contributed by atoms with van der Waals surface area (Å²) in [5.74, 6) is 0.901. The van der Waals surface area contributed by atoms with Crippen molar-refractivity contribution in [3.63, 3.8) is 0 Å². The van der Waals surface area contributed by atoms with Gasteiger partial charge in [-0.05, 0) is 49.6 Å². The number of phenols is 1. The van der Waals surface area contributed by atoms with E-state index in [1.54, 1.807) is 35.0 Å². The molecule has 0 bridgehead atoms. The molecule has 0 atom stereocenters. The molecule has 1 aromatic carbocycles. The van der Waals surface area contributed by atoms with Gasteiger partial charge in [-0.3, -0.25) is 14.9 Å². The number of phenolic OH excluding ortho intramolecular Hbond substituents is 1. The number of nitrogens with zero attached hydrogens (tertiary/aromatic N) is 3. The molecule has 2 aliphatic rings. The third kappa shape index (κ3) is 3.45. The van der Waals surface area contributed by atoms with Crippen LogP contribution in [0.25, 0.3) is 11.7 Å². The number of aromatic nitrogens is 3. The summed E-state index contributed by atoms with van der Waals surface area (Å²) in [7, 11) is 0. The van der Waals surface area contributed by atoms with Crippen LogP contribution >= 0.6 is 0 Å². The van der Waals surface area contributed by atoms with E-state index in [2.05, 4.69) is 21.0 Å². The van der Waals surface area contributed by atoms with Crippen LogP contribution in [0.4, 0.5) is 17.3 Å². The SMILES string of the molecule is Cc1cc(O)ccc1Nc1cc(NC2CC2)n2ncc(/C=C3\CC(=O)NC3=O)c2n1. The monoisotopic (exact) mass is 404 g/mol. The van der Waals surface area contributed by atoms with Gasteiger partial charge in [0.25, 0.3) is 5.91 Å². The van der Waals surface area contributed by atoms with Gasteiger partial charge in [-0.25, -0.2) is 4.98 Å². The molecule has 3 heterocycles. The summed E-state index contributed by atoms with van der Waals surface area (Å²) in [6.07, 6.45) is 5.55. The predicted molar refractivity (Wildman–Crippen MR) is 112 cm³/mol. The summed E-state index contributed by atoms with van der Waals surface area (Å²) < 4.78 is 1.70. The number of imide groups is 1. The molecule has 30 heavy (non-hydrogen) atoms. The quantitative estimate of drug-likeness (QED) is 0.293. The highest BCUT2D eigenvalue weighted by Gasteiger charge is 2.25. The standard InChI is InChI=1S/C21H20N6O3/c1-11-6-15(28)4-5-16(11)24-17-9-18(23-14-2-3-14)27-20(25-17)13(10-22-27)7-12-8-19(29)26-21(12)30/h4-7,9-10,14,23,28H,2-3,8H2,1H3,(H,24,25)(H,26,29,30)/b12-7+. The van der Waals surface area contributed by atoms with Crippen LogP contribution in [0.3, 0.4) is 0 Å². The first-order valence-electron chi connectivity index (χ1n) is 9.73. The van der Waals surface area contributed by atoms with Crippen molar-refractivity contribution in [2.45, 2.75) is 32.2 Å². The molecular weight excluding hydrogens is 384 g/mol. The first-order chi connectivity index (χ1) is 14.5. The fourth-order valence-corrected chi connectivity index (χ4v) is 3.42. The lowest BCUT2D eigenvalue weighted by Gasteiger charge is -2.13. The maximum Gasteiger partial charge on any atom is 0.254 e. The summed E-state index contributed by atoms with van der Waals surface area (Å²) in [5.41, 5.74) is 3.31. The Hall–Kier alpha value is -3.88. The van der Waals surface area contributed by atoms with Gasteiger partial charge in [0.15, 0.2) is 5.65 Å². The highest BCUT2D eigenvalue weighted by Crippen LogP contribution is 2.30. The van der Waals surface area contributed by atoms with E-state index in [1.807, 2.05) is 13.0 Å². The molecular formula is C21H20N6O3. The minimum Gasteiger partial charge on any atom is -0.508 e. The minimum atomic E-state index is -0.385. The third-order valence-electron chi connectivity index (χ3n) is 5.13. The zero-order chi connectivity index (χ0) is 20.8. The maximum atomic E-state index is 11.9. The van der Waals surface area contributed by atoms with E-state index >= 15 is 0 Å². The molecule has 9 nitrogen and oxygen atoms in total. The zero-order valence-electron chi connectivity index (χ0n) is 16.3. The number of nitrogens with one attached hydrogen (secondary N) is 3. The Bertz CT molecular complexity index is 1220. The summed E-state index contributed by atoms with van der Waals surface area (Å²) in [6.45, 7) is 1.90. The molecule has 1 aliphatic heterocycles. The number of carbonyl (C=O) groups is 2. The zero-order valence-corrected chi connectivity index (χ0v) is 16.3. The molecule has 0 unspecified atom stereocenters. The summed E-state index contributed by atoms with van der Waals surface area (Å²) in [4.78, 5) is 28.1. The lowest BCUT2D eigenvalue weighted by Crippen LogP contribution is -2.19. The van der Waals surface area contributed by atoms with Gasteiger partial charge in [0.1, 0.15) is 17.4 Å². The van der Waals surface area contributed by atoms with Gasteiger partial charge in [0.2, 0.25) is 5.91 Å². The van der Waals surface area contributed by atoms with Crippen molar-refractivity contribution in [2.75, 3.05) is 10.6 Å². The highest BCUT2D eigenvalue weighted by molar-refractivity contribution is 6.15. The Balaban J connectivity index is 1.58. The Morgan fingerprint density at radius 3 is 2.80 bits per heavy atom. The van der Waals surface area contributed by atoms with Gasteiger partial charge in [-0.1, -0.05) is 0 Å². The summed E-state index contributed by atoms with van der Waals surface area (Å²) in [5, 5.41) is 23.1. The van der Waals surface area contributed by atoms with Crippen LogP contribution in [0.1, 0.15) is 30.4 Å². The number of aromatic hydroxyl groups is 1. The topological polar surface area (TPSA) is 121 Å². The van der Waals surface area contributed by atoms with E-state index in [4.69, 9.17) is 4.98 Å². The molecule has 4 N–H and O–H groups in total. The molecule has 2 fully saturated rings. The maximum absolute atomic E-state index is 11.9. The highest BCUT2D eigenvalue weighted by atomic mass is 16.3. The molecule has 152 valence electrons. The smallest absolute Gasteiger partial charge is 0.254 e. The number of hydrogen-bond acceptors (Lipinski definition) is 7. The van der Waals surface area contributed by atoms with Crippen molar-refractivity contribution in [1.82, 2.24) is 19.9 Å². The van der Waals surface area contributed by atoms with Gasteiger partial charge < -0.3 is 15.7 Å². The molecule has 1 saturated heterocycles. The summed E-state index contributed by atoms with van der Waals surface area (Å²) in [6, 6.07) is 7.37. The molecule has 0 radical (unpaired) electrons. The minimum absolute atomic E-state index is 0.0496. The van der Waals surface area contributed by atoms with Crippen LogP contribution in [0.5, 0.6) is 5.75 Å². The van der Waals surface area contributed by atoms with Gasteiger partial charge >= 0.3 is 0 Å². The van der Waals surface area contributed by atoms with Crippen molar-refractivity contribution in [3.05, 3.63) is 47.2 Å². The van der Waals surface area contributed by atoms with Gasteiger partial charge in [-0.2, -0.15) is 9.61 Å². The largest absolute Gasteiger partial charge is 0.508 e. The molecule has 2 amide bonds. The second-order valence-electron chi connectivity index (χ2n) is 7.63. The van der Waals surface area contributed by atoms with E-state index in [1.165, 1.54) is 0 Å². The Morgan fingerprint density at radius 1 is 1.27 bits per heavy atom. The second kappa shape index (κ2) is 6.87. The molecule has 1 saturated carbocycles. The average Bonchev–Trinajstić information content (AvgIpc) is 3.33. The molecule has 5 rings (SSSR count). The first kappa shape index (κ1) is 18.2. The number of amides is 2. The van der Waals surface area contributed by atoms with E-state index < -0.39 is 0 Å². The number of benzene rings is 1. The van der Waals surface area contributed by atoms with Gasteiger partial charge in [-0.15, -0.1) is 0 Å². The van der Waals surface area contributed by atoms with Crippen LogP contribution in [-0.2, 0) is 9.59 Å². The van der Waals surface area contributed by atoms with E-state index in [0.717, 1.165) is 29.9 Å². The van der Waals surface area contributed by atoms with Crippen LogP contribution in [0.2, 0.25) is 0 Å². The number of fused-ring (bicyclic) bond motifs is 1. The lowest BCUT2D eigenvalue weighted by molar-refractivity contribution is -0.124. The Kier molecular flexibility index (Phi) is 4.16. The van der Waals surface area contributed by atoms with Crippen LogP contribution in [0, 0.1) is 6.92 Å². The molecule has 2 aromatic heterocycles. The Labute approximate surface area is 171 Å². The van der Waals surface area contributed by atoms with Crippen LogP contribution in [-0.4, -0.2) is 37.6 Å².